The maximum Gasteiger partial charge on any atom is 0.504 e. The summed E-state index contributed by atoms with van der Waals surface area (Å²) >= 11 is 0. The van der Waals surface area contributed by atoms with E-state index in [2.05, 4.69) is 12.2 Å². The summed E-state index contributed by atoms with van der Waals surface area (Å²) in [7, 11) is 1.89. The predicted octanol–water partition coefficient (Wildman–Crippen LogP) is 7.32. The normalized spacial score (nSPS) is 10.8. The van der Waals surface area contributed by atoms with Crippen LogP contribution in [0.15, 0.2) is 24.4 Å². The Balaban J connectivity index is 1.79. The molecule has 0 unspecified atom stereocenters. The van der Waals surface area contributed by atoms with Gasteiger partial charge in [0.15, 0.2) is 0 Å². The number of aromatic nitrogens is 1. The highest BCUT2D eigenvalue weighted by Gasteiger charge is 2.12. The number of aryl methyl sites for hydroxylation is 1. The summed E-state index contributed by atoms with van der Waals surface area (Å²) < 4.78 is 7.11. The second kappa shape index (κ2) is 18.4. The highest BCUT2D eigenvalue weighted by molar-refractivity contribution is 5.82. The van der Waals surface area contributed by atoms with Crippen LogP contribution in [-0.4, -0.2) is 12.7 Å². The van der Waals surface area contributed by atoms with Gasteiger partial charge in [-0.15, -0.1) is 0 Å². The van der Waals surface area contributed by atoms with Gasteiger partial charge >= 0.3 is 6.09 Å². The molecule has 1 amide bonds. The third-order valence-corrected chi connectivity index (χ3v) is 5.52. The van der Waals surface area contributed by atoms with Gasteiger partial charge in [-0.2, -0.15) is 10.1 Å². The Kier molecular flexibility index (Phi) is 16.2. The first-order valence-electron chi connectivity index (χ1n) is 12.1. The number of carbonyl (C=O) groups excluding carboxylic acids is 1. The molecule has 0 saturated carbocycles. The first-order chi connectivity index (χ1) is 14.2. The number of nitrogens with one attached hydrogen (secondary N) is 1. The van der Waals surface area contributed by atoms with Gasteiger partial charge in [-0.1, -0.05) is 109 Å². The summed E-state index contributed by atoms with van der Waals surface area (Å²) in [5.74, 6) is 0.740. The number of hydrogen-bond acceptors (Lipinski definition) is 2. The van der Waals surface area contributed by atoms with E-state index in [0.29, 0.717) is 6.61 Å². The third kappa shape index (κ3) is 15.0. The van der Waals surface area contributed by atoms with Crippen LogP contribution in [0.5, 0.6) is 0 Å². The van der Waals surface area contributed by atoms with Crippen molar-refractivity contribution in [3.8, 4) is 0 Å². The molecule has 0 radical (unpaired) electrons. The lowest BCUT2D eigenvalue weighted by atomic mass is 10.0. The van der Waals surface area contributed by atoms with Crippen LogP contribution in [0.25, 0.3) is 0 Å². The molecule has 0 aliphatic rings. The minimum Gasteiger partial charge on any atom is -0.431 e. The average molecular weight is 406 g/mol. The Morgan fingerprint density at radius 1 is 0.793 bits per heavy atom. The second-order valence-electron chi connectivity index (χ2n) is 8.26. The third-order valence-electron chi connectivity index (χ3n) is 5.52. The standard InChI is InChI=1S/C25H44N2O2/c1-3-4-5-6-7-8-9-10-11-12-13-14-15-16-17-20-23-29-25(28)26-24-21-18-19-22-27(24)2/h18-19,21-22H,3-17,20,23H2,1-2H3/p+1. The lowest BCUT2D eigenvalue weighted by Gasteiger charge is -2.05. The van der Waals surface area contributed by atoms with E-state index in [1.165, 1.54) is 89.9 Å². The predicted molar refractivity (Wildman–Crippen MR) is 122 cm³/mol. The van der Waals surface area contributed by atoms with Crippen LogP contribution in [0, 0.1) is 0 Å². The number of amides is 1. The fraction of sp³-hybridized carbons (Fsp3) is 0.760. The summed E-state index contributed by atoms with van der Waals surface area (Å²) in [4.78, 5) is 11.8. The summed E-state index contributed by atoms with van der Waals surface area (Å²) in [6.45, 7) is 2.78. The molecule has 1 heterocycles. The van der Waals surface area contributed by atoms with E-state index in [9.17, 15) is 4.79 Å². The summed E-state index contributed by atoms with van der Waals surface area (Å²) in [6.07, 6.45) is 23.1. The van der Waals surface area contributed by atoms with Gasteiger partial charge in [0.2, 0.25) is 0 Å². The van der Waals surface area contributed by atoms with Crippen molar-refractivity contribution in [1.82, 2.24) is 0 Å². The molecule has 1 aromatic rings. The zero-order valence-electron chi connectivity index (χ0n) is 19.1. The zero-order valence-corrected chi connectivity index (χ0v) is 19.1. The molecule has 166 valence electrons. The SMILES string of the molecule is CCCCCCCCCCCCCCCCCCOC(=O)Nc1cccc[n+]1C. The van der Waals surface area contributed by atoms with Crippen LogP contribution in [0.1, 0.15) is 110 Å². The highest BCUT2D eigenvalue weighted by Crippen LogP contribution is 2.13. The smallest absolute Gasteiger partial charge is 0.431 e. The molecule has 4 heteroatoms. The molecule has 1 rings (SSSR count). The first kappa shape index (κ1) is 25.5. The maximum absolute atomic E-state index is 11.8. The van der Waals surface area contributed by atoms with Gasteiger partial charge in [-0.25, -0.2) is 4.57 Å². The molecule has 0 aliphatic carbocycles. The van der Waals surface area contributed by atoms with Gasteiger partial charge in [0.25, 0.3) is 5.82 Å². The van der Waals surface area contributed by atoms with Crippen molar-refractivity contribution in [1.29, 1.82) is 0 Å². The van der Waals surface area contributed by atoms with Crippen LogP contribution in [-0.2, 0) is 11.8 Å². The van der Waals surface area contributed by atoms with Gasteiger partial charge in [-0.05, 0) is 12.5 Å². The van der Waals surface area contributed by atoms with Crippen molar-refractivity contribution < 1.29 is 14.1 Å². The van der Waals surface area contributed by atoms with Crippen LogP contribution in [0.2, 0.25) is 0 Å². The minimum atomic E-state index is -0.368. The van der Waals surface area contributed by atoms with E-state index in [0.717, 1.165) is 18.7 Å². The number of unbranched alkanes of at least 4 members (excludes halogenated alkanes) is 15. The van der Waals surface area contributed by atoms with Gasteiger partial charge in [0, 0.05) is 6.07 Å². The minimum absolute atomic E-state index is 0.368. The van der Waals surface area contributed by atoms with Crippen molar-refractivity contribution >= 4 is 11.9 Å². The molecule has 29 heavy (non-hydrogen) atoms. The van der Waals surface area contributed by atoms with Crippen molar-refractivity contribution in [3.05, 3.63) is 24.4 Å². The second-order valence-corrected chi connectivity index (χ2v) is 8.26. The number of hydrogen-bond donors (Lipinski definition) is 1. The summed E-state index contributed by atoms with van der Waals surface area (Å²) in [5, 5.41) is 2.77. The van der Waals surface area contributed by atoms with E-state index >= 15 is 0 Å². The van der Waals surface area contributed by atoms with Gasteiger partial charge in [0.05, 0.1) is 19.9 Å². The molecule has 0 aliphatic heterocycles. The van der Waals surface area contributed by atoms with Crippen molar-refractivity contribution in [2.24, 2.45) is 7.05 Å². The van der Waals surface area contributed by atoms with Crippen molar-refractivity contribution in [2.45, 2.75) is 110 Å². The molecule has 0 saturated heterocycles. The van der Waals surface area contributed by atoms with E-state index in [-0.39, 0.29) is 6.09 Å². The molecule has 0 atom stereocenters. The Morgan fingerprint density at radius 3 is 1.76 bits per heavy atom. The van der Waals surface area contributed by atoms with Crippen LogP contribution in [0.3, 0.4) is 0 Å². The highest BCUT2D eigenvalue weighted by atomic mass is 16.5. The number of rotatable bonds is 18. The summed E-state index contributed by atoms with van der Waals surface area (Å²) in [5.41, 5.74) is 0. The molecule has 0 fully saturated rings. The monoisotopic (exact) mass is 405 g/mol. The van der Waals surface area contributed by atoms with Gasteiger partial charge in [-0.3, -0.25) is 0 Å². The first-order valence-corrected chi connectivity index (χ1v) is 12.1. The van der Waals surface area contributed by atoms with Crippen LogP contribution in [0.4, 0.5) is 10.6 Å². The molecule has 0 bridgehead atoms. The maximum atomic E-state index is 11.8. The fourth-order valence-electron chi connectivity index (χ4n) is 3.61. The Bertz CT molecular complexity index is 519. The lowest BCUT2D eigenvalue weighted by molar-refractivity contribution is -0.657. The molecule has 1 N–H and O–H groups in total. The molecule has 1 aromatic heterocycles. The van der Waals surface area contributed by atoms with Crippen molar-refractivity contribution in [2.75, 3.05) is 11.9 Å². The number of anilines is 1. The van der Waals surface area contributed by atoms with Crippen molar-refractivity contribution in [3.63, 3.8) is 0 Å². The van der Waals surface area contributed by atoms with Gasteiger partial charge in [0.1, 0.15) is 0 Å². The Morgan fingerprint density at radius 2 is 1.28 bits per heavy atom. The molecular weight excluding hydrogens is 360 g/mol. The van der Waals surface area contributed by atoms with E-state index in [1.807, 2.05) is 36.0 Å². The Labute approximate surface area is 179 Å². The largest absolute Gasteiger partial charge is 0.504 e. The van der Waals surface area contributed by atoms with E-state index < -0.39 is 0 Å². The number of ether oxygens (including phenoxy) is 1. The topological polar surface area (TPSA) is 42.2 Å². The molecular formula is C25H45N2O2+. The zero-order chi connectivity index (χ0) is 21.0. The number of pyridine rings is 1. The molecule has 0 spiro atoms. The van der Waals surface area contributed by atoms with Crippen LogP contribution >= 0.6 is 0 Å². The van der Waals surface area contributed by atoms with Gasteiger partial charge < -0.3 is 4.74 Å². The van der Waals surface area contributed by atoms with Crippen LogP contribution < -0.4 is 9.88 Å². The fourth-order valence-corrected chi connectivity index (χ4v) is 3.61. The number of carbonyl (C=O) groups is 1. The quantitative estimate of drug-likeness (QED) is 0.205. The lowest BCUT2D eigenvalue weighted by Crippen LogP contribution is -2.33. The molecule has 4 nitrogen and oxygen atoms in total. The summed E-state index contributed by atoms with van der Waals surface area (Å²) in [6, 6.07) is 5.67. The Hall–Kier alpha value is -1.58. The van der Waals surface area contributed by atoms with E-state index in [1.54, 1.807) is 0 Å². The molecule has 0 aromatic carbocycles. The average Bonchev–Trinajstić information content (AvgIpc) is 2.72. The van der Waals surface area contributed by atoms with E-state index in [4.69, 9.17) is 4.74 Å². The number of nitrogens with zero attached hydrogens (tertiary/aromatic N) is 1.